The highest BCUT2D eigenvalue weighted by molar-refractivity contribution is 7.91. The van der Waals surface area contributed by atoms with Crippen LogP contribution in [0.3, 0.4) is 0 Å². The van der Waals surface area contributed by atoms with Gasteiger partial charge in [0.15, 0.2) is 10.8 Å². The van der Waals surface area contributed by atoms with Crippen LogP contribution >= 0.6 is 22.7 Å². The van der Waals surface area contributed by atoms with E-state index in [1.807, 2.05) is 7.05 Å². The van der Waals surface area contributed by atoms with E-state index in [9.17, 15) is 22.8 Å². The van der Waals surface area contributed by atoms with Gasteiger partial charge in [-0.3, -0.25) is 14.4 Å². The van der Waals surface area contributed by atoms with Crippen LogP contribution in [0.1, 0.15) is 39.3 Å². The van der Waals surface area contributed by atoms with Crippen LogP contribution < -0.4 is 11.1 Å². The maximum absolute atomic E-state index is 13.8. The zero-order chi connectivity index (χ0) is 31.6. The predicted octanol–water partition coefficient (Wildman–Crippen LogP) is 1.02. The number of rotatable bonds is 9. The molecule has 2 amide bonds. The van der Waals surface area contributed by atoms with Crippen LogP contribution in [0.15, 0.2) is 33.6 Å². The van der Waals surface area contributed by atoms with Crippen LogP contribution in [-0.4, -0.2) is 109 Å². The molecule has 236 valence electrons. The zero-order valence-electron chi connectivity index (χ0n) is 24.2. The van der Waals surface area contributed by atoms with Gasteiger partial charge >= 0.3 is 5.97 Å². The Labute approximate surface area is 262 Å². The smallest absolute Gasteiger partial charge is 0.325 e. The molecule has 0 bridgehead atoms. The maximum Gasteiger partial charge on any atom is 0.325 e. The number of hydrogen-bond donors (Lipinski definition) is 3. The Balaban J connectivity index is 1.39. The van der Waals surface area contributed by atoms with Crippen molar-refractivity contribution in [3.63, 3.8) is 0 Å². The summed E-state index contributed by atoms with van der Waals surface area (Å²) in [4.78, 5) is 47.7. The molecule has 1 fully saturated rings. The molecule has 2 aromatic heterocycles. The number of sulfonamides is 1. The number of thiazole rings is 1. The SMILES string of the molecule is CCOC(=O)CNC(=O)CC1CN(S(=O)(=O)c2cc3cc(C(N)=NO)ccc3s2)CCN1C(=O)c1nc2c(s1)CN(C)CC2. The lowest BCUT2D eigenvalue weighted by Gasteiger charge is -2.40. The van der Waals surface area contributed by atoms with Crippen molar-refractivity contribution in [3.05, 3.63) is 45.4 Å². The summed E-state index contributed by atoms with van der Waals surface area (Å²) in [5, 5.41) is 15.4. The van der Waals surface area contributed by atoms with Gasteiger partial charge in [0.1, 0.15) is 10.8 Å². The number of amidine groups is 1. The zero-order valence-corrected chi connectivity index (χ0v) is 26.6. The van der Waals surface area contributed by atoms with Gasteiger partial charge in [0, 0.05) is 60.7 Å². The maximum atomic E-state index is 13.8. The van der Waals surface area contributed by atoms with E-state index in [2.05, 4.69) is 20.4 Å². The van der Waals surface area contributed by atoms with E-state index in [-0.39, 0.29) is 55.2 Å². The summed E-state index contributed by atoms with van der Waals surface area (Å²) in [5.41, 5.74) is 7.03. The standard InChI is InChI=1S/C27H33N7O7S3/c1-3-41-23(36)13-29-22(35)12-18-14-33(8-9-34(18)27(37)26-30-19-6-7-32(2)15-21(19)43-26)44(39,40)24-11-17-10-16(25(28)31-38)4-5-20(17)42-24/h4-5,10-11,18,38H,3,6-9,12-15H2,1-2H3,(H2,28,31)(H,29,35). The number of aromatic nitrogens is 1. The number of benzene rings is 1. The first kappa shape index (κ1) is 31.8. The van der Waals surface area contributed by atoms with Crippen LogP contribution in [0, 0.1) is 0 Å². The van der Waals surface area contributed by atoms with E-state index in [0.29, 0.717) is 27.2 Å². The number of amides is 2. The number of nitrogens with one attached hydrogen (secondary N) is 1. The average molecular weight is 664 g/mol. The van der Waals surface area contributed by atoms with Gasteiger partial charge in [-0.25, -0.2) is 13.4 Å². The lowest BCUT2D eigenvalue weighted by atomic mass is 10.1. The normalized spacial score (nSPS) is 18.3. The highest BCUT2D eigenvalue weighted by Crippen LogP contribution is 2.33. The Hall–Kier alpha value is -3.64. The van der Waals surface area contributed by atoms with Crippen molar-refractivity contribution in [2.45, 2.75) is 36.6 Å². The monoisotopic (exact) mass is 663 g/mol. The fourth-order valence-electron chi connectivity index (χ4n) is 5.18. The van der Waals surface area contributed by atoms with Crippen LogP contribution in [0.4, 0.5) is 0 Å². The number of oxime groups is 1. The van der Waals surface area contributed by atoms with Crippen LogP contribution in [0.25, 0.3) is 10.1 Å². The molecule has 3 aromatic rings. The van der Waals surface area contributed by atoms with Gasteiger partial charge < -0.3 is 30.8 Å². The molecule has 44 heavy (non-hydrogen) atoms. The summed E-state index contributed by atoms with van der Waals surface area (Å²) in [7, 11) is -2.00. The topological polar surface area (TPSA) is 188 Å². The number of ether oxygens (including phenoxy) is 1. The molecule has 1 saturated heterocycles. The first-order chi connectivity index (χ1) is 21.0. The molecule has 1 unspecified atom stereocenters. The van der Waals surface area contributed by atoms with Crippen molar-refractivity contribution in [1.29, 1.82) is 0 Å². The molecular weight excluding hydrogens is 631 g/mol. The van der Waals surface area contributed by atoms with Gasteiger partial charge in [0.05, 0.1) is 18.3 Å². The number of fused-ring (bicyclic) bond motifs is 2. The fraction of sp³-hybridized carbons (Fsp3) is 0.444. The minimum absolute atomic E-state index is 0.0203. The first-order valence-electron chi connectivity index (χ1n) is 13.9. The number of piperazine rings is 1. The van der Waals surface area contributed by atoms with Gasteiger partial charge in [-0.05, 0) is 43.6 Å². The lowest BCUT2D eigenvalue weighted by Crippen LogP contribution is -2.57. The fourth-order valence-corrected chi connectivity index (χ4v) is 9.33. The molecule has 0 aliphatic carbocycles. The summed E-state index contributed by atoms with van der Waals surface area (Å²) in [6, 6.07) is 5.69. The van der Waals surface area contributed by atoms with Gasteiger partial charge in [0.2, 0.25) is 5.91 Å². The van der Waals surface area contributed by atoms with Crippen molar-refractivity contribution in [1.82, 2.24) is 24.4 Å². The minimum atomic E-state index is -4.01. The molecule has 17 heteroatoms. The minimum Gasteiger partial charge on any atom is -0.465 e. The third-order valence-electron chi connectivity index (χ3n) is 7.46. The molecule has 14 nitrogen and oxygen atoms in total. The first-order valence-corrected chi connectivity index (χ1v) is 17.0. The summed E-state index contributed by atoms with van der Waals surface area (Å²) >= 11 is 2.40. The summed E-state index contributed by atoms with van der Waals surface area (Å²) in [6.45, 7) is 2.97. The van der Waals surface area contributed by atoms with E-state index in [1.54, 1.807) is 25.1 Å². The van der Waals surface area contributed by atoms with Gasteiger partial charge in [0.25, 0.3) is 15.9 Å². The van der Waals surface area contributed by atoms with E-state index in [0.717, 1.165) is 34.9 Å². The number of nitrogens with zero attached hydrogens (tertiary/aromatic N) is 5. The summed E-state index contributed by atoms with van der Waals surface area (Å²) < 4.78 is 34.6. The largest absolute Gasteiger partial charge is 0.465 e. The van der Waals surface area contributed by atoms with Crippen LogP contribution in [0.5, 0.6) is 0 Å². The molecule has 4 heterocycles. The van der Waals surface area contributed by atoms with Gasteiger partial charge in [-0.15, -0.1) is 22.7 Å². The Morgan fingerprint density at radius 2 is 2.00 bits per heavy atom. The molecule has 4 N–H and O–H groups in total. The molecule has 0 saturated carbocycles. The van der Waals surface area contributed by atoms with Crippen molar-refractivity contribution >= 4 is 66.4 Å². The average Bonchev–Trinajstić information content (AvgIpc) is 3.63. The van der Waals surface area contributed by atoms with Crippen LogP contribution in [0.2, 0.25) is 0 Å². The third kappa shape index (κ3) is 6.71. The molecule has 1 atom stereocenters. The van der Waals surface area contributed by atoms with Crippen molar-refractivity contribution in [2.24, 2.45) is 10.9 Å². The van der Waals surface area contributed by atoms with E-state index in [4.69, 9.17) is 15.7 Å². The highest BCUT2D eigenvalue weighted by Gasteiger charge is 2.39. The molecule has 0 radical (unpaired) electrons. The highest BCUT2D eigenvalue weighted by atomic mass is 32.2. The number of esters is 1. The van der Waals surface area contributed by atoms with Gasteiger partial charge in [-0.2, -0.15) is 4.31 Å². The Morgan fingerprint density at radius 1 is 1.20 bits per heavy atom. The Kier molecular flexibility index (Phi) is 9.50. The van der Waals surface area contributed by atoms with Crippen LogP contribution in [-0.2, 0) is 37.3 Å². The number of carbonyl (C=O) groups is 3. The van der Waals surface area contributed by atoms with E-state index in [1.165, 1.54) is 26.6 Å². The van der Waals surface area contributed by atoms with Crippen molar-refractivity contribution in [2.75, 3.05) is 46.4 Å². The number of carbonyl (C=O) groups excluding carboxylic acids is 3. The molecular formula is C27H33N7O7S3. The second-order valence-corrected chi connectivity index (χ2v) is 14.8. The third-order valence-corrected chi connectivity index (χ3v) is 12.0. The second kappa shape index (κ2) is 13.2. The predicted molar refractivity (Wildman–Crippen MR) is 164 cm³/mol. The Morgan fingerprint density at radius 3 is 2.75 bits per heavy atom. The second-order valence-electron chi connectivity index (χ2n) is 10.5. The van der Waals surface area contributed by atoms with Crippen molar-refractivity contribution in [3.8, 4) is 0 Å². The molecule has 0 spiro atoms. The lowest BCUT2D eigenvalue weighted by molar-refractivity contribution is -0.143. The Bertz CT molecular complexity index is 1720. The van der Waals surface area contributed by atoms with Crippen molar-refractivity contribution < 1.29 is 32.7 Å². The van der Waals surface area contributed by atoms with E-state index < -0.39 is 27.9 Å². The van der Waals surface area contributed by atoms with Gasteiger partial charge in [-0.1, -0.05) is 5.16 Å². The number of nitrogens with two attached hydrogens (primary N) is 1. The van der Waals surface area contributed by atoms with E-state index >= 15 is 0 Å². The summed E-state index contributed by atoms with van der Waals surface area (Å²) in [6.07, 6.45) is 0.512. The molecule has 2 aliphatic heterocycles. The number of hydrogen-bond acceptors (Lipinski definition) is 12. The summed E-state index contributed by atoms with van der Waals surface area (Å²) in [5.74, 6) is -1.57. The molecule has 2 aliphatic rings. The number of thiophene rings is 1. The molecule has 1 aromatic carbocycles. The number of likely N-dealkylation sites (N-methyl/N-ethyl adjacent to an activating group) is 1. The quantitative estimate of drug-likeness (QED) is 0.0981. The molecule has 5 rings (SSSR count).